The van der Waals surface area contributed by atoms with Crippen LogP contribution in [-0.4, -0.2) is 70.0 Å². The van der Waals surface area contributed by atoms with Crippen LogP contribution in [0.25, 0.3) is 0 Å². The van der Waals surface area contributed by atoms with Crippen LogP contribution in [-0.2, 0) is 27.2 Å². The second-order valence-electron chi connectivity index (χ2n) is 10.1. The Morgan fingerprint density at radius 3 is 1.55 bits per heavy atom. The smallest absolute Gasteiger partial charge is 0.337 e. The Labute approximate surface area is 192 Å². The van der Waals surface area contributed by atoms with E-state index in [4.69, 9.17) is 27.2 Å². The summed E-state index contributed by atoms with van der Waals surface area (Å²) >= 11 is 0. The summed E-state index contributed by atoms with van der Waals surface area (Å²) in [6.07, 6.45) is 12.7. The van der Waals surface area contributed by atoms with Gasteiger partial charge in [0.15, 0.2) is 0 Å². The maximum absolute atomic E-state index is 5.65. The summed E-state index contributed by atoms with van der Waals surface area (Å²) in [4.78, 5) is 0. The Hall–Kier alpha value is 0.194. The molecule has 0 aromatic heterocycles. The fourth-order valence-electron chi connectivity index (χ4n) is 5.43. The molecule has 2 heterocycles. The van der Waals surface area contributed by atoms with Crippen molar-refractivity contribution in [1.29, 1.82) is 0 Å². The lowest BCUT2D eigenvalue weighted by Gasteiger charge is -2.28. The van der Waals surface area contributed by atoms with Gasteiger partial charge in [-0.05, 0) is 87.9 Å². The van der Waals surface area contributed by atoms with Crippen molar-refractivity contribution >= 4 is 17.1 Å². The lowest BCUT2D eigenvalue weighted by atomic mass is 9.88. The van der Waals surface area contributed by atoms with Crippen molar-refractivity contribution < 1.29 is 27.2 Å². The van der Waals surface area contributed by atoms with E-state index >= 15 is 0 Å². The van der Waals surface area contributed by atoms with E-state index < -0.39 is 17.1 Å². The zero-order valence-corrected chi connectivity index (χ0v) is 22.7. The first-order valence-corrected chi connectivity index (χ1v) is 17.2. The lowest BCUT2D eigenvalue weighted by molar-refractivity contribution is 0.236. The summed E-state index contributed by atoms with van der Waals surface area (Å²) in [6.45, 7) is 4.33. The van der Waals surface area contributed by atoms with Crippen LogP contribution in [0.5, 0.6) is 0 Å². The monoisotopic (exact) mass is 474 g/mol. The van der Waals surface area contributed by atoms with Crippen LogP contribution < -0.4 is 0 Å². The molecule has 6 atom stereocenters. The molecule has 0 bridgehead atoms. The zero-order valence-electron chi connectivity index (χ0n) is 20.7. The van der Waals surface area contributed by atoms with Gasteiger partial charge in [-0.3, -0.25) is 0 Å². The first-order chi connectivity index (χ1) is 14.9. The van der Waals surface area contributed by atoms with Crippen molar-refractivity contribution in [3.63, 3.8) is 0 Å². The van der Waals surface area contributed by atoms with Crippen molar-refractivity contribution in [3.05, 3.63) is 0 Å². The van der Waals surface area contributed by atoms with Crippen molar-refractivity contribution in [2.45, 2.75) is 107 Å². The van der Waals surface area contributed by atoms with E-state index in [1.165, 1.54) is 51.4 Å². The zero-order chi connectivity index (χ0) is 22.5. The molecule has 0 aromatic rings. The Morgan fingerprint density at radius 2 is 1.16 bits per heavy atom. The van der Waals surface area contributed by atoms with E-state index in [-0.39, 0.29) is 0 Å². The SMILES string of the molecule is CC[Si](CCC1CCC2OC2C1)(OC)OC.CO[Si](C)(CCC1CCC2OC2C1)OC. The molecule has 6 nitrogen and oxygen atoms in total. The molecular formula is C23H46O6Si2. The van der Waals surface area contributed by atoms with Gasteiger partial charge >= 0.3 is 17.1 Å². The van der Waals surface area contributed by atoms with Crippen molar-refractivity contribution in [2.24, 2.45) is 11.8 Å². The van der Waals surface area contributed by atoms with Crippen LogP contribution in [0.1, 0.15) is 58.3 Å². The quantitative estimate of drug-likeness (QED) is 0.310. The van der Waals surface area contributed by atoms with E-state index in [0.29, 0.717) is 24.4 Å². The van der Waals surface area contributed by atoms with Gasteiger partial charge in [0.2, 0.25) is 0 Å². The van der Waals surface area contributed by atoms with Crippen LogP contribution in [0.15, 0.2) is 0 Å². The number of epoxide rings is 2. The first kappa shape index (κ1) is 25.8. The van der Waals surface area contributed by atoms with Crippen molar-refractivity contribution in [3.8, 4) is 0 Å². The topological polar surface area (TPSA) is 62.0 Å². The van der Waals surface area contributed by atoms with E-state index in [2.05, 4.69) is 13.5 Å². The van der Waals surface area contributed by atoms with E-state index in [0.717, 1.165) is 30.0 Å². The lowest BCUT2D eigenvalue weighted by Crippen LogP contribution is -2.39. The largest absolute Gasteiger partial charge is 0.398 e. The van der Waals surface area contributed by atoms with Gasteiger partial charge in [0.1, 0.15) is 0 Å². The molecule has 31 heavy (non-hydrogen) atoms. The van der Waals surface area contributed by atoms with Gasteiger partial charge in [-0.25, -0.2) is 0 Å². The van der Waals surface area contributed by atoms with Crippen molar-refractivity contribution in [2.75, 3.05) is 28.4 Å². The molecule has 2 aliphatic heterocycles. The molecule has 8 heteroatoms. The molecule has 0 aromatic carbocycles. The molecule has 4 fully saturated rings. The maximum atomic E-state index is 5.65. The van der Waals surface area contributed by atoms with Gasteiger partial charge in [-0.1, -0.05) is 6.92 Å². The standard InChI is InChI=1S/C12H24O3Si.C11H22O3Si/c1-4-16(13-2,14-3)8-7-10-5-6-11-12(9-10)15-11;1-12-15(3,13-2)7-6-9-4-5-10-11(8-9)14-10/h10-12H,4-9H2,1-3H3;9-11H,4-8H2,1-3H3. The third-order valence-corrected chi connectivity index (χ3v) is 14.9. The number of fused-ring (bicyclic) bond motifs is 2. The van der Waals surface area contributed by atoms with Gasteiger partial charge in [0, 0.05) is 28.4 Å². The summed E-state index contributed by atoms with van der Waals surface area (Å²) in [5.74, 6) is 1.68. The minimum atomic E-state index is -1.85. The Bertz CT molecular complexity index is 534. The third kappa shape index (κ3) is 7.34. The average molecular weight is 475 g/mol. The van der Waals surface area contributed by atoms with Gasteiger partial charge in [0.25, 0.3) is 0 Å². The molecule has 0 amide bonds. The van der Waals surface area contributed by atoms with Crippen LogP contribution >= 0.6 is 0 Å². The summed E-state index contributed by atoms with van der Waals surface area (Å²) < 4.78 is 33.4. The van der Waals surface area contributed by atoms with Crippen LogP contribution in [0.3, 0.4) is 0 Å². The highest BCUT2D eigenvalue weighted by atomic mass is 28.4. The molecule has 6 unspecified atom stereocenters. The van der Waals surface area contributed by atoms with Crippen molar-refractivity contribution in [1.82, 2.24) is 0 Å². The fraction of sp³-hybridized carbons (Fsp3) is 1.00. The van der Waals surface area contributed by atoms with E-state index in [9.17, 15) is 0 Å². The molecule has 182 valence electrons. The predicted octanol–water partition coefficient (Wildman–Crippen LogP) is 5.01. The van der Waals surface area contributed by atoms with Gasteiger partial charge in [0.05, 0.1) is 24.4 Å². The van der Waals surface area contributed by atoms with Crippen LogP contribution in [0.4, 0.5) is 0 Å². The Morgan fingerprint density at radius 1 is 0.677 bits per heavy atom. The minimum Gasteiger partial charge on any atom is -0.398 e. The highest BCUT2D eigenvalue weighted by Gasteiger charge is 2.45. The average Bonchev–Trinajstić information content (AvgIpc) is 3.73. The molecule has 4 aliphatic rings. The van der Waals surface area contributed by atoms with Crippen LogP contribution in [0.2, 0.25) is 24.7 Å². The molecule has 2 saturated carbocycles. The number of ether oxygens (including phenoxy) is 2. The first-order valence-electron chi connectivity index (χ1n) is 12.4. The maximum Gasteiger partial charge on any atom is 0.337 e. The minimum absolute atomic E-state index is 0.599. The van der Waals surface area contributed by atoms with Crippen LogP contribution in [0, 0.1) is 11.8 Å². The molecule has 2 aliphatic carbocycles. The molecular weight excluding hydrogens is 428 g/mol. The highest BCUT2D eigenvalue weighted by Crippen LogP contribution is 2.42. The molecule has 4 rings (SSSR count). The highest BCUT2D eigenvalue weighted by molar-refractivity contribution is 6.67. The normalized spacial score (nSPS) is 34.3. The fourth-order valence-corrected chi connectivity index (χ4v) is 9.29. The second kappa shape index (κ2) is 11.6. The van der Waals surface area contributed by atoms with Gasteiger partial charge in [-0.2, -0.15) is 0 Å². The molecule has 0 spiro atoms. The Balaban J connectivity index is 0.000000176. The summed E-state index contributed by atoms with van der Waals surface area (Å²) in [5.41, 5.74) is 0. The molecule has 0 radical (unpaired) electrons. The molecule has 2 saturated heterocycles. The number of rotatable bonds is 11. The summed E-state index contributed by atoms with van der Waals surface area (Å²) in [6, 6.07) is 3.30. The second-order valence-corrected chi connectivity index (χ2v) is 17.5. The van der Waals surface area contributed by atoms with E-state index in [1.54, 1.807) is 28.4 Å². The number of hydrogen-bond donors (Lipinski definition) is 0. The summed E-state index contributed by atoms with van der Waals surface area (Å²) in [5, 5.41) is 0. The predicted molar refractivity (Wildman–Crippen MR) is 127 cm³/mol. The van der Waals surface area contributed by atoms with Gasteiger partial charge < -0.3 is 27.2 Å². The molecule has 0 N–H and O–H groups in total. The third-order valence-electron chi connectivity index (χ3n) is 8.31. The summed E-state index contributed by atoms with van der Waals surface area (Å²) in [7, 11) is 3.48. The van der Waals surface area contributed by atoms with Gasteiger partial charge in [-0.15, -0.1) is 0 Å². The van der Waals surface area contributed by atoms with E-state index in [1.807, 2.05) is 0 Å². The Kier molecular flexibility index (Phi) is 9.62. The number of hydrogen-bond acceptors (Lipinski definition) is 6.